The zero-order valence-electron chi connectivity index (χ0n) is 10.7. The summed E-state index contributed by atoms with van der Waals surface area (Å²) >= 11 is 5.78. The van der Waals surface area contributed by atoms with Crippen LogP contribution < -0.4 is 5.32 Å². The van der Waals surface area contributed by atoms with Gasteiger partial charge in [-0.1, -0.05) is 23.7 Å². The lowest BCUT2D eigenvalue weighted by Crippen LogP contribution is -2.45. The van der Waals surface area contributed by atoms with Crippen molar-refractivity contribution < 1.29 is 9.50 Å². The van der Waals surface area contributed by atoms with Gasteiger partial charge in [0.25, 0.3) is 0 Å². The Morgan fingerprint density at radius 2 is 2.16 bits per heavy atom. The second-order valence-electron chi connectivity index (χ2n) is 4.63. The van der Waals surface area contributed by atoms with Crippen molar-refractivity contribution in [1.29, 1.82) is 0 Å². The molecule has 0 radical (unpaired) electrons. The molecular formula is C14H18ClFN2O. The van der Waals surface area contributed by atoms with Crippen molar-refractivity contribution in [3.63, 3.8) is 0 Å². The Hall–Kier alpha value is -1.10. The second kappa shape index (κ2) is 6.37. The van der Waals surface area contributed by atoms with Gasteiger partial charge in [0, 0.05) is 37.8 Å². The molecular weight excluding hydrogens is 267 g/mol. The number of nitrogens with zero attached hydrogens (tertiary/aromatic N) is 1. The maximum Gasteiger partial charge on any atom is 0.145 e. The minimum atomic E-state index is -0.597. The molecule has 1 aliphatic rings. The van der Waals surface area contributed by atoms with Crippen LogP contribution >= 0.6 is 11.6 Å². The van der Waals surface area contributed by atoms with Crippen LogP contribution in [0, 0.1) is 5.82 Å². The molecule has 0 amide bonds. The minimum absolute atomic E-state index is 0.0160. The maximum atomic E-state index is 13.3. The van der Waals surface area contributed by atoms with Crippen LogP contribution in [0.2, 0.25) is 5.02 Å². The molecule has 2 N–H and O–H groups in total. The van der Waals surface area contributed by atoms with Crippen molar-refractivity contribution in [2.24, 2.45) is 0 Å². The fourth-order valence-corrected chi connectivity index (χ4v) is 2.62. The number of benzene rings is 1. The molecule has 0 unspecified atom stereocenters. The summed E-state index contributed by atoms with van der Waals surface area (Å²) in [5, 5.41) is 13.1. The van der Waals surface area contributed by atoms with E-state index in [-0.39, 0.29) is 16.8 Å². The summed E-state index contributed by atoms with van der Waals surface area (Å²) in [6, 6.07) is 2.89. The average molecular weight is 285 g/mol. The predicted molar refractivity (Wildman–Crippen MR) is 75.1 cm³/mol. The SMILES string of the molecule is C=CC[C@H](c1ccc(F)c(Cl)c1O)N1CCNCC1. The number of aromatic hydroxyl groups is 1. The summed E-state index contributed by atoms with van der Waals surface area (Å²) < 4.78 is 13.3. The molecule has 1 fully saturated rings. The van der Waals surface area contributed by atoms with Gasteiger partial charge in [0.1, 0.15) is 16.6 Å². The highest BCUT2D eigenvalue weighted by atomic mass is 35.5. The molecule has 0 aliphatic carbocycles. The third kappa shape index (κ3) is 3.08. The van der Waals surface area contributed by atoms with Crippen LogP contribution in [0.15, 0.2) is 24.8 Å². The molecule has 104 valence electrons. The summed E-state index contributed by atoms with van der Waals surface area (Å²) in [4.78, 5) is 2.25. The molecule has 0 spiro atoms. The first kappa shape index (κ1) is 14.3. The Morgan fingerprint density at radius 1 is 1.47 bits per heavy atom. The minimum Gasteiger partial charge on any atom is -0.506 e. The van der Waals surface area contributed by atoms with E-state index < -0.39 is 5.82 Å². The third-order valence-electron chi connectivity index (χ3n) is 3.44. The number of rotatable bonds is 4. The largest absolute Gasteiger partial charge is 0.506 e. The Bertz CT molecular complexity index is 461. The van der Waals surface area contributed by atoms with Gasteiger partial charge in [-0.05, 0) is 12.5 Å². The number of phenols is 1. The first-order chi connectivity index (χ1) is 9.15. The van der Waals surface area contributed by atoms with Gasteiger partial charge < -0.3 is 10.4 Å². The fourth-order valence-electron chi connectivity index (χ4n) is 2.45. The summed E-state index contributed by atoms with van der Waals surface area (Å²) in [6.07, 6.45) is 2.50. The van der Waals surface area contributed by atoms with Crippen molar-refractivity contribution in [2.45, 2.75) is 12.5 Å². The van der Waals surface area contributed by atoms with Crippen molar-refractivity contribution >= 4 is 11.6 Å². The summed E-state index contributed by atoms with van der Waals surface area (Å²) in [6.45, 7) is 7.34. The summed E-state index contributed by atoms with van der Waals surface area (Å²) in [5.74, 6) is -0.757. The molecule has 1 heterocycles. The van der Waals surface area contributed by atoms with E-state index in [1.807, 2.05) is 6.08 Å². The number of phenolic OH excluding ortho intramolecular Hbond substituents is 1. The Labute approximate surface area is 117 Å². The molecule has 1 atom stereocenters. The zero-order chi connectivity index (χ0) is 13.8. The van der Waals surface area contributed by atoms with Gasteiger partial charge in [-0.25, -0.2) is 4.39 Å². The topological polar surface area (TPSA) is 35.5 Å². The van der Waals surface area contributed by atoms with Gasteiger partial charge in [0.2, 0.25) is 0 Å². The van der Waals surface area contributed by atoms with E-state index in [4.69, 9.17) is 11.6 Å². The van der Waals surface area contributed by atoms with Crippen LogP contribution in [0.1, 0.15) is 18.0 Å². The van der Waals surface area contributed by atoms with E-state index in [0.29, 0.717) is 12.0 Å². The predicted octanol–water partition coefficient (Wildman–Crippen LogP) is 2.71. The maximum absolute atomic E-state index is 13.3. The molecule has 0 saturated carbocycles. The second-order valence-corrected chi connectivity index (χ2v) is 5.00. The normalized spacial score (nSPS) is 18.2. The number of halogens is 2. The van der Waals surface area contributed by atoms with Crippen molar-refractivity contribution in [2.75, 3.05) is 26.2 Å². The van der Waals surface area contributed by atoms with E-state index in [2.05, 4.69) is 16.8 Å². The lowest BCUT2D eigenvalue weighted by molar-refractivity contribution is 0.172. The van der Waals surface area contributed by atoms with Crippen molar-refractivity contribution in [3.8, 4) is 5.75 Å². The van der Waals surface area contributed by atoms with Gasteiger partial charge in [0.15, 0.2) is 0 Å². The first-order valence-electron chi connectivity index (χ1n) is 6.37. The van der Waals surface area contributed by atoms with Gasteiger partial charge in [-0.2, -0.15) is 0 Å². The van der Waals surface area contributed by atoms with Gasteiger partial charge in [-0.15, -0.1) is 6.58 Å². The molecule has 19 heavy (non-hydrogen) atoms. The lowest BCUT2D eigenvalue weighted by Gasteiger charge is -2.35. The number of hydrogen-bond donors (Lipinski definition) is 2. The molecule has 5 heteroatoms. The van der Waals surface area contributed by atoms with E-state index in [1.54, 1.807) is 6.07 Å². The van der Waals surface area contributed by atoms with Crippen LogP contribution in [-0.2, 0) is 0 Å². The molecule has 1 saturated heterocycles. The van der Waals surface area contributed by atoms with E-state index in [9.17, 15) is 9.50 Å². The summed E-state index contributed by atoms with van der Waals surface area (Å²) in [5.41, 5.74) is 0.660. The average Bonchev–Trinajstić information content (AvgIpc) is 2.44. The van der Waals surface area contributed by atoms with Crippen LogP contribution in [-0.4, -0.2) is 36.2 Å². The molecule has 0 aromatic heterocycles. The molecule has 2 rings (SSSR count). The van der Waals surface area contributed by atoms with Gasteiger partial charge in [0.05, 0.1) is 0 Å². The monoisotopic (exact) mass is 284 g/mol. The first-order valence-corrected chi connectivity index (χ1v) is 6.75. The molecule has 3 nitrogen and oxygen atoms in total. The Kier molecular flexibility index (Phi) is 4.80. The Balaban J connectivity index is 2.32. The number of piperazine rings is 1. The highest BCUT2D eigenvalue weighted by Gasteiger charge is 2.25. The lowest BCUT2D eigenvalue weighted by atomic mass is 10.00. The molecule has 1 aliphatic heterocycles. The van der Waals surface area contributed by atoms with E-state index in [0.717, 1.165) is 26.2 Å². The molecule has 1 aromatic carbocycles. The fraction of sp³-hybridized carbons (Fsp3) is 0.429. The number of hydrogen-bond acceptors (Lipinski definition) is 3. The van der Waals surface area contributed by atoms with Gasteiger partial charge in [-0.3, -0.25) is 4.90 Å². The van der Waals surface area contributed by atoms with Crippen molar-refractivity contribution in [3.05, 3.63) is 41.2 Å². The standard InChI is InChI=1S/C14H18ClFN2O/c1-2-3-12(18-8-6-17-7-9-18)10-4-5-11(16)13(15)14(10)19/h2,4-5,12,17,19H,1,3,6-9H2/t12-/m1/s1. The Morgan fingerprint density at radius 3 is 2.79 bits per heavy atom. The van der Waals surface area contributed by atoms with Gasteiger partial charge >= 0.3 is 0 Å². The quantitative estimate of drug-likeness (QED) is 0.835. The van der Waals surface area contributed by atoms with E-state index >= 15 is 0 Å². The zero-order valence-corrected chi connectivity index (χ0v) is 11.5. The van der Waals surface area contributed by atoms with Crippen LogP contribution in [0.4, 0.5) is 4.39 Å². The highest BCUT2D eigenvalue weighted by molar-refractivity contribution is 6.32. The van der Waals surface area contributed by atoms with Crippen LogP contribution in [0.5, 0.6) is 5.75 Å². The summed E-state index contributed by atoms with van der Waals surface area (Å²) in [7, 11) is 0. The molecule has 0 bridgehead atoms. The highest BCUT2D eigenvalue weighted by Crippen LogP contribution is 2.37. The van der Waals surface area contributed by atoms with E-state index in [1.165, 1.54) is 6.07 Å². The smallest absolute Gasteiger partial charge is 0.145 e. The molecule has 1 aromatic rings. The van der Waals surface area contributed by atoms with Crippen LogP contribution in [0.3, 0.4) is 0 Å². The third-order valence-corrected chi connectivity index (χ3v) is 3.80. The number of nitrogens with one attached hydrogen (secondary N) is 1. The van der Waals surface area contributed by atoms with Crippen molar-refractivity contribution in [1.82, 2.24) is 10.2 Å². The van der Waals surface area contributed by atoms with Crippen LogP contribution in [0.25, 0.3) is 0 Å².